The number of anilines is 2. The molecule has 0 saturated carbocycles. The lowest BCUT2D eigenvalue weighted by Gasteiger charge is -2.29. The number of hydrogen-bond acceptors (Lipinski definition) is 9. The number of aromatic hydroxyl groups is 2. The molecule has 2 rings (SSSR count). The number of ether oxygens (including phenoxy) is 3. The normalized spacial score (nSPS) is 29.3. The van der Waals surface area contributed by atoms with Gasteiger partial charge in [0.2, 0.25) is 0 Å². The number of aliphatic hydroxyl groups excluding tert-OH is 1. The lowest BCUT2D eigenvalue weighted by molar-refractivity contribution is -0.112. The van der Waals surface area contributed by atoms with Crippen LogP contribution >= 0.6 is 0 Å². The molecule has 1 unspecified atom stereocenters. The minimum absolute atomic E-state index is 0.0416. The van der Waals surface area contributed by atoms with Crippen molar-refractivity contribution in [3.05, 3.63) is 59.7 Å². The summed E-state index contributed by atoms with van der Waals surface area (Å²) in [6.45, 7) is 11.1. The van der Waals surface area contributed by atoms with Crippen LogP contribution in [0.1, 0.15) is 39.7 Å². The molecule has 11 nitrogen and oxygen atoms in total. The molecule has 0 saturated heterocycles. The van der Waals surface area contributed by atoms with E-state index in [0.29, 0.717) is 41.8 Å². The number of carbonyl (C=O) groups excluding carboxylic acids is 2. The minimum Gasteiger partial charge on any atom is -0.506 e. The Morgan fingerprint density at radius 2 is 1.93 bits per heavy atom. The number of phenols is 2. The SMILES string of the molecule is C=CCNc1c(O)cc2c(O)c1C[C@@H](C)C[C@H](OC)[C@H](O)[C@@H](C)/C=C(\C)[C@H](OC(N)=O)C(OC)/C=C/C=C(\C)C(=O)N2. The van der Waals surface area contributed by atoms with Crippen LogP contribution in [0.5, 0.6) is 11.5 Å². The number of primary amides is 1. The van der Waals surface area contributed by atoms with Crippen LogP contribution in [0.25, 0.3) is 0 Å². The van der Waals surface area contributed by atoms with Crippen LogP contribution in [0.4, 0.5) is 16.2 Å². The Morgan fingerprint density at radius 3 is 2.52 bits per heavy atom. The molecule has 0 radical (unpaired) electrons. The van der Waals surface area contributed by atoms with Crippen molar-refractivity contribution in [2.75, 3.05) is 31.4 Å². The second-order valence-corrected chi connectivity index (χ2v) is 10.6. The summed E-state index contributed by atoms with van der Waals surface area (Å²) < 4.78 is 16.6. The zero-order valence-electron chi connectivity index (χ0n) is 25.2. The van der Waals surface area contributed by atoms with E-state index in [2.05, 4.69) is 17.2 Å². The van der Waals surface area contributed by atoms with Gasteiger partial charge in [-0.15, -0.1) is 6.58 Å². The van der Waals surface area contributed by atoms with Crippen molar-refractivity contribution in [2.45, 2.75) is 65.0 Å². The van der Waals surface area contributed by atoms with Crippen molar-refractivity contribution < 1.29 is 39.1 Å². The second kappa shape index (κ2) is 16.0. The Morgan fingerprint density at radius 1 is 1.24 bits per heavy atom. The number of nitrogens with two attached hydrogens (primary N) is 1. The summed E-state index contributed by atoms with van der Waals surface area (Å²) in [5.74, 6) is -1.41. The Bertz CT molecular complexity index is 1210. The predicted octanol–water partition coefficient (Wildman–Crippen LogP) is 4.16. The van der Waals surface area contributed by atoms with Crippen molar-refractivity contribution in [1.82, 2.24) is 0 Å². The molecule has 2 amide bonds. The van der Waals surface area contributed by atoms with Crippen molar-refractivity contribution in [3.8, 4) is 11.5 Å². The van der Waals surface area contributed by atoms with Gasteiger partial charge in [-0.25, -0.2) is 4.79 Å². The fraction of sp³-hybridized carbons (Fsp3) is 0.484. The van der Waals surface area contributed by atoms with Crippen LogP contribution in [0.3, 0.4) is 0 Å². The number of methoxy groups -OCH3 is 2. The molecule has 0 aliphatic carbocycles. The van der Waals surface area contributed by atoms with Gasteiger partial charge in [0.25, 0.3) is 5.91 Å². The third kappa shape index (κ3) is 9.10. The van der Waals surface area contributed by atoms with Crippen LogP contribution in [-0.2, 0) is 25.4 Å². The largest absolute Gasteiger partial charge is 0.506 e. The maximum Gasteiger partial charge on any atom is 0.405 e. The molecule has 0 spiro atoms. The molecule has 7 N–H and O–H groups in total. The first kappa shape index (κ1) is 34.4. The average Bonchev–Trinajstić information content (AvgIpc) is 2.94. The van der Waals surface area contributed by atoms with E-state index in [0.717, 1.165) is 0 Å². The summed E-state index contributed by atoms with van der Waals surface area (Å²) >= 11 is 0. The highest BCUT2D eigenvalue weighted by atomic mass is 16.6. The monoisotopic (exact) mass is 587 g/mol. The number of hydrogen-bond donors (Lipinski definition) is 6. The van der Waals surface area contributed by atoms with Crippen LogP contribution in [0.2, 0.25) is 0 Å². The molecular weight excluding hydrogens is 542 g/mol. The van der Waals surface area contributed by atoms with E-state index in [1.54, 1.807) is 38.2 Å². The Hall–Kier alpha value is -3.80. The molecular formula is C31H45N3O8. The van der Waals surface area contributed by atoms with E-state index in [4.69, 9.17) is 19.9 Å². The van der Waals surface area contributed by atoms with Crippen LogP contribution < -0.4 is 16.4 Å². The van der Waals surface area contributed by atoms with Crippen molar-refractivity contribution in [3.63, 3.8) is 0 Å². The van der Waals surface area contributed by atoms with Gasteiger partial charge in [-0.2, -0.15) is 0 Å². The topological polar surface area (TPSA) is 173 Å². The van der Waals surface area contributed by atoms with Gasteiger partial charge in [0, 0.05) is 43.9 Å². The fourth-order valence-corrected chi connectivity index (χ4v) is 4.98. The lowest BCUT2D eigenvalue weighted by atomic mass is 9.87. The first-order valence-electron chi connectivity index (χ1n) is 13.8. The molecule has 1 aliphatic heterocycles. The maximum atomic E-state index is 13.0. The van der Waals surface area contributed by atoms with Crippen molar-refractivity contribution in [2.24, 2.45) is 17.6 Å². The Kier molecular flexibility index (Phi) is 13.1. The van der Waals surface area contributed by atoms with Crippen molar-refractivity contribution >= 4 is 23.4 Å². The average molecular weight is 588 g/mol. The van der Waals surface area contributed by atoms with Gasteiger partial charge in [0.05, 0.1) is 23.6 Å². The lowest BCUT2D eigenvalue weighted by Crippen LogP contribution is -2.37. The number of fused-ring (bicyclic) bond motifs is 2. The number of rotatable bonds is 6. The van der Waals surface area contributed by atoms with Crippen LogP contribution in [-0.4, -0.2) is 72.5 Å². The molecule has 0 aromatic heterocycles. The molecule has 0 fully saturated rings. The predicted molar refractivity (Wildman–Crippen MR) is 162 cm³/mol. The number of carbonyl (C=O) groups is 2. The number of phenolic OH excluding ortho intramolecular Hbond substituents is 2. The molecule has 232 valence electrons. The first-order valence-corrected chi connectivity index (χ1v) is 13.8. The van der Waals surface area contributed by atoms with Gasteiger partial charge in [-0.3, -0.25) is 4.79 Å². The quantitative estimate of drug-likeness (QED) is 0.162. The fourth-order valence-electron chi connectivity index (χ4n) is 4.98. The van der Waals surface area contributed by atoms with Crippen LogP contribution in [0.15, 0.2) is 54.2 Å². The highest BCUT2D eigenvalue weighted by molar-refractivity contribution is 6.04. The minimum atomic E-state index is -0.990. The smallest absolute Gasteiger partial charge is 0.405 e. The van der Waals surface area contributed by atoms with E-state index in [1.165, 1.54) is 26.4 Å². The van der Waals surface area contributed by atoms with E-state index >= 15 is 0 Å². The zero-order chi connectivity index (χ0) is 31.6. The van der Waals surface area contributed by atoms with E-state index in [9.17, 15) is 24.9 Å². The highest BCUT2D eigenvalue weighted by Gasteiger charge is 2.30. The summed E-state index contributed by atoms with van der Waals surface area (Å²) in [7, 11) is 2.95. The van der Waals surface area contributed by atoms with E-state index < -0.39 is 42.3 Å². The molecule has 1 aliphatic rings. The molecule has 1 heterocycles. The van der Waals surface area contributed by atoms with Gasteiger partial charge >= 0.3 is 6.09 Å². The first-order chi connectivity index (χ1) is 19.8. The molecule has 2 bridgehead atoms. The molecule has 6 atom stereocenters. The van der Waals surface area contributed by atoms with Gasteiger partial charge in [0.15, 0.2) is 6.10 Å². The third-order valence-electron chi connectivity index (χ3n) is 7.25. The number of allylic oxidation sites excluding steroid dienone is 2. The third-order valence-corrected chi connectivity index (χ3v) is 7.25. The number of amides is 2. The van der Waals surface area contributed by atoms with Crippen molar-refractivity contribution in [1.29, 1.82) is 0 Å². The number of aliphatic hydroxyl groups is 1. The molecule has 1 aromatic carbocycles. The summed E-state index contributed by atoms with van der Waals surface area (Å²) in [5.41, 5.74) is 7.01. The van der Waals surface area contributed by atoms with E-state index in [1.807, 2.05) is 13.8 Å². The van der Waals surface area contributed by atoms with Gasteiger partial charge in [0.1, 0.15) is 17.6 Å². The van der Waals surface area contributed by atoms with Gasteiger partial charge in [-0.1, -0.05) is 44.2 Å². The Labute approximate surface area is 247 Å². The Balaban J connectivity index is 2.67. The van der Waals surface area contributed by atoms with E-state index in [-0.39, 0.29) is 23.1 Å². The van der Waals surface area contributed by atoms with Gasteiger partial charge in [-0.05, 0) is 38.2 Å². The number of nitrogens with one attached hydrogen (secondary N) is 2. The number of benzene rings is 1. The maximum absolute atomic E-state index is 13.0. The van der Waals surface area contributed by atoms with Crippen LogP contribution in [0, 0.1) is 11.8 Å². The summed E-state index contributed by atoms with van der Waals surface area (Å²) in [5, 5.41) is 39.1. The standard InChI is InChI=1S/C31H45N3O8/c1-8-12-33-26-21-13-17(2)14-25(41-7)27(36)19(4)15-20(5)29(42-31(32)39)24(40-6)11-9-10-18(3)30(38)34-22(28(21)37)16-23(26)35/h8-11,15-17,19,24-25,27,29,33,35-37H,1,12-14H2,2-7H3,(H2,32,39)(H,34,38)/b11-9+,18-10+,20-15+/t17-,19+,24?,25+,27-,29+/m1/s1. The zero-order valence-corrected chi connectivity index (χ0v) is 25.2. The summed E-state index contributed by atoms with van der Waals surface area (Å²) in [6, 6.07) is 1.28. The highest BCUT2D eigenvalue weighted by Crippen LogP contribution is 2.42. The summed E-state index contributed by atoms with van der Waals surface area (Å²) in [6.07, 6.45) is 4.64. The summed E-state index contributed by atoms with van der Waals surface area (Å²) in [4.78, 5) is 24.7. The molecule has 11 heteroatoms. The molecule has 1 aromatic rings. The molecule has 42 heavy (non-hydrogen) atoms. The second-order valence-electron chi connectivity index (χ2n) is 10.6. The van der Waals surface area contributed by atoms with Gasteiger partial charge < -0.3 is 45.9 Å².